The Balaban J connectivity index is 1.16. The van der Waals surface area contributed by atoms with Gasteiger partial charge in [-0.1, -0.05) is 6.07 Å². The van der Waals surface area contributed by atoms with Gasteiger partial charge in [0.25, 0.3) is 0 Å². The quantitative estimate of drug-likeness (QED) is 0.467. The number of likely N-dealkylation sites (tertiary alicyclic amines) is 1. The molecule has 1 aliphatic rings. The number of oxazole rings is 1. The number of nitrogens with zero attached hydrogens (tertiary/aromatic N) is 3. The van der Waals surface area contributed by atoms with E-state index in [1.165, 1.54) is 0 Å². The van der Waals surface area contributed by atoms with Gasteiger partial charge >= 0.3 is 5.76 Å². The molecule has 4 aromatic rings. The lowest BCUT2D eigenvalue weighted by Crippen LogP contribution is -2.39. The molecule has 5 rings (SSSR count). The number of amides is 1. The van der Waals surface area contributed by atoms with Crippen LogP contribution in [-0.2, 0) is 11.2 Å². The second-order valence-corrected chi connectivity index (χ2v) is 8.28. The van der Waals surface area contributed by atoms with Crippen LogP contribution in [0.5, 0.6) is 5.88 Å². The van der Waals surface area contributed by atoms with E-state index in [1.807, 2.05) is 24.3 Å². The molecular weight excluding hydrogens is 422 g/mol. The molecular formula is C24H25N5O4. The molecule has 0 bridgehead atoms. The number of benzene rings is 1. The minimum Gasteiger partial charge on any atom is -0.481 e. The van der Waals surface area contributed by atoms with Gasteiger partial charge in [0, 0.05) is 24.7 Å². The number of nitrogens with one attached hydrogen (secondary N) is 2. The molecule has 1 amide bonds. The molecule has 33 heavy (non-hydrogen) atoms. The summed E-state index contributed by atoms with van der Waals surface area (Å²) in [4.78, 5) is 38.1. The lowest BCUT2D eigenvalue weighted by atomic mass is 9.95. The highest BCUT2D eigenvalue weighted by atomic mass is 16.5. The van der Waals surface area contributed by atoms with E-state index in [0.717, 1.165) is 50.0 Å². The predicted molar refractivity (Wildman–Crippen MR) is 124 cm³/mol. The summed E-state index contributed by atoms with van der Waals surface area (Å²) in [7, 11) is 1.56. The fraction of sp³-hybridized carbons (Fsp3) is 0.333. The molecule has 0 unspecified atom stereocenters. The maximum atomic E-state index is 12.9. The number of rotatable bonds is 6. The largest absolute Gasteiger partial charge is 0.481 e. The van der Waals surface area contributed by atoms with Crippen LogP contribution in [0.25, 0.3) is 22.1 Å². The summed E-state index contributed by atoms with van der Waals surface area (Å²) in [6, 6.07) is 11.1. The summed E-state index contributed by atoms with van der Waals surface area (Å²) in [5.74, 6) is 0.0262. The van der Waals surface area contributed by atoms with E-state index in [9.17, 15) is 9.59 Å². The first-order valence-corrected chi connectivity index (χ1v) is 11.0. The topological polar surface area (TPSA) is 113 Å². The second kappa shape index (κ2) is 9.03. The van der Waals surface area contributed by atoms with Crippen LogP contribution in [0.3, 0.4) is 0 Å². The van der Waals surface area contributed by atoms with Crippen molar-refractivity contribution in [3.63, 3.8) is 0 Å². The minimum atomic E-state index is -0.433. The Morgan fingerprint density at radius 2 is 2.09 bits per heavy atom. The number of carbonyl (C=O) groups excluding carboxylic acids is 1. The maximum Gasteiger partial charge on any atom is 0.417 e. The number of piperidine rings is 1. The number of ether oxygens (including phenoxy) is 1. The lowest BCUT2D eigenvalue weighted by molar-refractivity contribution is -0.121. The Labute approximate surface area is 189 Å². The number of methoxy groups -OCH3 is 1. The molecule has 0 aliphatic carbocycles. The van der Waals surface area contributed by atoms with Crippen LogP contribution >= 0.6 is 0 Å². The highest BCUT2D eigenvalue weighted by Gasteiger charge is 2.25. The average Bonchev–Trinajstić information content (AvgIpc) is 3.22. The molecule has 1 aromatic carbocycles. The Kier molecular flexibility index (Phi) is 5.78. The molecule has 0 saturated carbocycles. The van der Waals surface area contributed by atoms with Gasteiger partial charge in [-0.3, -0.25) is 14.8 Å². The average molecular weight is 447 g/mol. The van der Waals surface area contributed by atoms with Crippen molar-refractivity contribution in [3.8, 4) is 5.88 Å². The van der Waals surface area contributed by atoms with Crippen LogP contribution in [0.15, 0.2) is 51.8 Å². The van der Waals surface area contributed by atoms with E-state index in [-0.39, 0.29) is 11.8 Å². The Morgan fingerprint density at radius 3 is 2.91 bits per heavy atom. The van der Waals surface area contributed by atoms with Gasteiger partial charge in [-0.2, -0.15) is 0 Å². The van der Waals surface area contributed by atoms with Crippen LogP contribution in [0.1, 0.15) is 18.4 Å². The smallest absolute Gasteiger partial charge is 0.417 e. The maximum absolute atomic E-state index is 12.9. The molecule has 0 spiro atoms. The van der Waals surface area contributed by atoms with Gasteiger partial charge in [0.1, 0.15) is 5.52 Å². The molecule has 2 N–H and O–H groups in total. The molecule has 170 valence electrons. The number of hydrogen-bond acceptors (Lipinski definition) is 7. The highest BCUT2D eigenvalue weighted by molar-refractivity contribution is 6.00. The standard InChI is InChI=1S/C24H25N5O4/c1-32-21-5-3-17-22(28-21)18(6-10-25-17)26-23(30)16-8-12-29(13-9-16)11-7-15-2-4-20-19(14-15)27-24(31)33-20/h2-6,10,14,16H,7-9,11-13H2,1H3,(H,27,31)(H,25,26,30). The highest BCUT2D eigenvalue weighted by Crippen LogP contribution is 2.25. The van der Waals surface area contributed by atoms with Crippen molar-refractivity contribution in [2.75, 3.05) is 32.1 Å². The van der Waals surface area contributed by atoms with E-state index in [2.05, 4.69) is 25.2 Å². The molecule has 9 heteroatoms. The number of fused-ring (bicyclic) bond motifs is 2. The van der Waals surface area contributed by atoms with E-state index < -0.39 is 5.76 Å². The van der Waals surface area contributed by atoms with Gasteiger partial charge in [-0.05, 0) is 62.2 Å². The summed E-state index contributed by atoms with van der Waals surface area (Å²) >= 11 is 0. The summed E-state index contributed by atoms with van der Waals surface area (Å²) in [5, 5.41) is 3.04. The van der Waals surface area contributed by atoms with Crippen molar-refractivity contribution in [3.05, 3.63) is 58.7 Å². The Bertz CT molecular complexity index is 1350. The fourth-order valence-corrected chi connectivity index (χ4v) is 4.32. The predicted octanol–water partition coefficient (Wildman–Crippen LogP) is 2.97. The van der Waals surface area contributed by atoms with E-state index in [1.54, 1.807) is 25.4 Å². The summed E-state index contributed by atoms with van der Waals surface area (Å²) < 4.78 is 10.3. The van der Waals surface area contributed by atoms with Crippen molar-refractivity contribution in [1.82, 2.24) is 19.9 Å². The van der Waals surface area contributed by atoms with Crippen molar-refractivity contribution < 1.29 is 13.9 Å². The van der Waals surface area contributed by atoms with Crippen LogP contribution in [0, 0.1) is 5.92 Å². The fourth-order valence-electron chi connectivity index (χ4n) is 4.32. The van der Waals surface area contributed by atoms with Gasteiger partial charge in [0.2, 0.25) is 11.8 Å². The molecule has 1 fully saturated rings. The van der Waals surface area contributed by atoms with Gasteiger partial charge in [-0.25, -0.2) is 9.78 Å². The first-order chi connectivity index (χ1) is 16.1. The zero-order valence-corrected chi connectivity index (χ0v) is 18.3. The summed E-state index contributed by atoms with van der Waals surface area (Å²) in [5.41, 5.74) is 4.43. The van der Waals surface area contributed by atoms with Crippen molar-refractivity contribution >= 4 is 33.7 Å². The van der Waals surface area contributed by atoms with Crippen LogP contribution < -0.4 is 15.8 Å². The molecule has 9 nitrogen and oxygen atoms in total. The molecule has 1 saturated heterocycles. The monoisotopic (exact) mass is 447 g/mol. The number of aromatic nitrogens is 3. The van der Waals surface area contributed by atoms with Gasteiger partial charge < -0.3 is 19.4 Å². The normalized spacial score (nSPS) is 15.2. The number of carbonyl (C=O) groups is 1. The second-order valence-electron chi connectivity index (χ2n) is 8.28. The minimum absolute atomic E-state index is 0.0149. The van der Waals surface area contributed by atoms with Gasteiger partial charge in [0.05, 0.1) is 23.8 Å². The van der Waals surface area contributed by atoms with Crippen LogP contribution in [0.4, 0.5) is 5.69 Å². The molecule has 1 aliphatic heterocycles. The molecule has 0 radical (unpaired) electrons. The van der Waals surface area contributed by atoms with Gasteiger partial charge in [-0.15, -0.1) is 0 Å². The Morgan fingerprint density at radius 1 is 1.24 bits per heavy atom. The lowest BCUT2D eigenvalue weighted by Gasteiger charge is -2.31. The van der Waals surface area contributed by atoms with E-state index in [4.69, 9.17) is 9.15 Å². The van der Waals surface area contributed by atoms with Crippen LogP contribution in [0.2, 0.25) is 0 Å². The third kappa shape index (κ3) is 4.58. The van der Waals surface area contributed by atoms with Crippen LogP contribution in [-0.4, -0.2) is 52.5 Å². The number of H-pyrrole nitrogens is 1. The van der Waals surface area contributed by atoms with Crippen molar-refractivity contribution in [2.24, 2.45) is 5.92 Å². The number of aromatic amines is 1. The van der Waals surface area contributed by atoms with Crippen molar-refractivity contribution in [2.45, 2.75) is 19.3 Å². The van der Waals surface area contributed by atoms with Crippen molar-refractivity contribution in [1.29, 1.82) is 0 Å². The number of hydrogen-bond donors (Lipinski definition) is 2. The first kappa shape index (κ1) is 21.1. The Hall–Kier alpha value is -3.72. The summed E-state index contributed by atoms with van der Waals surface area (Å²) in [6.45, 7) is 2.64. The van der Waals surface area contributed by atoms with E-state index in [0.29, 0.717) is 28.2 Å². The van der Waals surface area contributed by atoms with E-state index >= 15 is 0 Å². The number of anilines is 1. The zero-order valence-electron chi connectivity index (χ0n) is 18.3. The SMILES string of the molecule is COc1ccc2nccc(NC(=O)C3CCN(CCc4ccc5oc(=O)[nH]c5c4)CC3)c2n1. The zero-order chi connectivity index (χ0) is 22.8. The number of pyridine rings is 2. The molecule has 0 atom stereocenters. The third-order valence-corrected chi connectivity index (χ3v) is 6.18. The third-order valence-electron chi connectivity index (χ3n) is 6.18. The van der Waals surface area contributed by atoms with Gasteiger partial charge in [0.15, 0.2) is 5.58 Å². The molecule has 4 heterocycles. The first-order valence-electron chi connectivity index (χ1n) is 11.0. The molecule has 3 aromatic heterocycles. The summed E-state index contributed by atoms with van der Waals surface area (Å²) in [6.07, 6.45) is 4.15.